The van der Waals surface area contributed by atoms with Crippen LogP contribution in [0.3, 0.4) is 0 Å². The molecule has 0 spiro atoms. The molecule has 15 heavy (non-hydrogen) atoms. The lowest BCUT2D eigenvalue weighted by molar-refractivity contribution is 0.111. The van der Waals surface area contributed by atoms with E-state index in [2.05, 4.69) is 10.2 Å². The van der Waals surface area contributed by atoms with Gasteiger partial charge in [0.05, 0.1) is 23.6 Å². The van der Waals surface area contributed by atoms with Gasteiger partial charge in [-0.15, -0.1) is 12.4 Å². The van der Waals surface area contributed by atoms with E-state index in [-0.39, 0.29) is 18.0 Å². The zero-order valence-corrected chi connectivity index (χ0v) is 8.32. The van der Waals surface area contributed by atoms with Crippen molar-refractivity contribution < 1.29 is 9.18 Å². The van der Waals surface area contributed by atoms with Gasteiger partial charge in [-0.25, -0.2) is 4.39 Å². The van der Waals surface area contributed by atoms with Gasteiger partial charge in [0.2, 0.25) is 0 Å². The first-order chi connectivity index (χ1) is 6.83. The lowest BCUT2D eigenvalue weighted by Crippen LogP contribution is -2.04. The monoisotopic (exact) mass is 227 g/mol. The van der Waals surface area contributed by atoms with E-state index in [0.29, 0.717) is 12.0 Å². The maximum Gasteiger partial charge on any atom is 0.155 e. The average molecular weight is 228 g/mol. The normalized spacial score (nSPS) is 9.40. The van der Waals surface area contributed by atoms with Crippen molar-refractivity contribution in [2.24, 2.45) is 0 Å². The van der Waals surface area contributed by atoms with Gasteiger partial charge in [0, 0.05) is 0 Å². The minimum Gasteiger partial charge on any atom is -0.298 e. The second kappa shape index (κ2) is 4.65. The van der Waals surface area contributed by atoms with Crippen LogP contribution in [0.1, 0.15) is 10.4 Å². The van der Waals surface area contributed by atoms with Crippen molar-refractivity contribution in [3.05, 3.63) is 42.0 Å². The molecule has 6 heteroatoms. The molecule has 2 rings (SSSR count). The summed E-state index contributed by atoms with van der Waals surface area (Å²) in [6.07, 6.45) is 3.37. The highest BCUT2D eigenvalue weighted by Crippen LogP contribution is 2.13. The van der Waals surface area contributed by atoms with Gasteiger partial charge >= 0.3 is 0 Å². The fourth-order valence-electron chi connectivity index (χ4n) is 1.16. The molecule has 0 amide bonds. The standard InChI is InChI=1S/C9H6FN3O.ClH/c10-8-2-1-3-9(7(8)6-14)13-11-4-5-12-13;/h1-6H;1H. The molecule has 0 bridgehead atoms. The predicted molar refractivity (Wildman–Crippen MR) is 54.0 cm³/mol. The first kappa shape index (κ1) is 11.3. The quantitative estimate of drug-likeness (QED) is 0.733. The number of carbonyl (C=O) groups is 1. The number of halogens is 2. The molecule has 0 unspecified atom stereocenters. The summed E-state index contributed by atoms with van der Waals surface area (Å²) >= 11 is 0. The second-order valence-electron chi connectivity index (χ2n) is 2.61. The lowest BCUT2D eigenvalue weighted by atomic mass is 10.2. The van der Waals surface area contributed by atoms with E-state index < -0.39 is 5.82 Å². The predicted octanol–water partition coefficient (Wildman–Crippen LogP) is 1.64. The number of hydrogen-bond acceptors (Lipinski definition) is 3. The minimum absolute atomic E-state index is 0. The lowest BCUT2D eigenvalue weighted by Gasteiger charge is -2.02. The Kier molecular flexibility index (Phi) is 3.51. The molecule has 0 radical (unpaired) electrons. The molecule has 1 heterocycles. The Morgan fingerprint density at radius 3 is 2.53 bits per heavy atom. The summed E-state index contributed by atoms with van der Waals surface area (Å²) in [5.41, 5.74) is 0.300. The molecule has 2 aromatic rings. The third kappa shape index (κ3) is 2.02. The number of carbonyl (C=O) groups excluding carboxylic acids is 1. The number of benzene rings is 1. The van der Waals surface area contributed by atoms with Gasteiger partial charge in [-0.3, -0.25) is 4.79 Å². The molecule has 0 saturated carbocycles. The van der Waals surface area contributed by atoms with Gasteiger partial charge < -0.3 is 0 Å². The molecule has 0 N–H and O–H groups in total. The van der Waals surface area contributed by atoms with E-state index in [1.807, 2.05) is 0 Å². The van der Waals surface area contributed by atoms with Crippen molar-refractivity contribution in [3.63, 3.8) is 0 Å². The van der Waals surface area contributed by atoms with Gasteiger partial charge in [-0.05, 0) is 12.1 Å². The topological polar surface area (TPSA) is 47.8 Å². The van der Waals surface area contributed by atoms with E-state index in [9.17, 15) is 9.18 Å². The summed E-state index contributed by atoms with van der Waals surface area (Å²) < 4.78 is 13.1. The Labute approximate surface area is 91.1 Å². The zero-order chi connectivity index (χ0) is 9.97. The second-order valence-corrected chi connectivity index (χ2v) is 2.61. The summed E-state index contributed by atoms with van der Waals surface area (Å²) in [4.78, 5) is 11.8. The van der Waals surface area contributed by atoms with Crippen LogP contribution in [0.25, 0.3) is 5.69 Å². The average Bonchev–Trinajstić information content (AvgIpc) is 2.70. The Morgan fingerprint density at radius 1 is 1.27 bits per heavy atom. The highest BCUT2D eigenvalue weighted by Gasteiger charge is 2.09. The van der Waals surface area contributed by atoms with Crippen LogP contribution in [-0.4, -0.2) is 21.3 Å². The van der Waals surface area contributed by atoms with Crippen LogP contribution in [0.2, 0.25) is 0 Å². The van der Waals surface area contributed by atoms with E-state index >= 15 is 0 Å². The van der Waals surface area contributed by atoms with Gasteiger partial charge in [-0.1, -0.05) is 6.07 Å². The van der Waals surface area contributed by atoms with Crippen LogP contribution in [0.5, 0.6) is 0 Å². The number of nitrogens with zero attached hydrogens (tertiary/aromatic N) is 3. The van der Waals surface area contributed by atoms with E-state index in [0.717, 1.165) is 0 Å². The number of hydrogen-bond donors (Lipinski definition) is 0. The van der Waals surface area contributed by atoms with Gasteiger partial charge in [-0.2, -0.15) is 15.0 Å². The number of aromatic nitrogens is 3. The first-order valence-electron chi connectivity index (χ1n) is 3.93. The maximum absolute atomic E-state index is 13.1. The molecule has 0 aliphatic carbocycles. The molecular formula is C9H7ClFN3O. The summed E-state index contributed by atoms with van der Waals surface area (Å²) in [5, 5.41) is 7.63. The summed E-state index contributed by atoms with van der Waals surface area (Å²) in [6.45, 7) is 0. The van der Waals surface area contributed by atoms with Crippen LogP contribution in [0.15, 0.2) is 30.6 Å². The SMILES string of the molecule is Cl.O=Cc1c(F)cccc1-n1nccn1. The van der Waals surface area contributed by atoms with Crippen LogP contribution in [0.4, 0.5) is 4.39 Å². The number of aldehydes is 1. The third-order valence-electron chi connectivity index (χ3n) is 1.78. The van der Waals surface area contributed by atoms with E-state index in [1.54, 1.807) is 6.07 Å². The van der Waals surface area contributed by atoms with Gasteiger partial charge in [0.15, 0.2) is 6.29 Å². The van der Waals surface area contributed by atoms with Crippen LogP contribution >= 0.6 is 12.4 Å². The van der Waals surface area contributed by atoms with Crippen molar-refractivity contribution in [2.75, 3.05) is 0 Å². The highest BCUT2D eigenvalue weighted by atomic mass is 35.5. The van der Waals surface area contributed by atoms with Crippen LogP contribution in [0, 0.1) is 5.82 Å². The summed E-state index contributed by atoms with van der Waals surface area (Å²) in [6, 6.07) is 4.30. The minimum atomic E-state index is -0.574. The molecule has 0 fully saturated rings. The Bertz CT molecular complexity index is 458. The zero-order valence-electron chi connectivity index (χ0n) is 7.50. The van der Waals surface area contributed by atoms with E-state index in [1.165, 1.54) is 29.3 Å². The molecule has 78 valence electrons. The largest absolute Gasteiger partial charge is 0.298 e. The molecule has 0 aliphatic heterocycles. The molecule has 0 aliphatic rings. The highest BCUT2D eigenvalue weighted by molar-refractivity contribution is 5.85. The Hall–Kier alpha value is -1.75. The third-order valence-corrected chi connectivity index (χ3v) is 1.78. The molecule has 1 aromatic carbocycles. The van der Waals surface area contributed by atoms with Crippen molar-refractivity contribution in [1.29, 1.82) is 0 Å². The Morgan fingerprint density at radius 2 is 1.93 bits per heavy atom. The molecule has 4 nitrogen and oxygen atoms in total. The van der Waals surface area contributed by atoms with Crippen LogP contribution in [-0.2, 0) is 0 Å². The van der Waals surface area contributed by atoms with E-state index in [4.69, 9.17) is 0 Å². The molecular weight excluding hydrogens is 221 g/mol. The maximum atomic E-state index is 13.1. The van der Waals surface area contributed by atoms with Crippen molar-refractivity contribution in [1.82, 2.24) is 15.0 Å². The van der Waals surface area contributed by atoms with Crippen molar-refractivity contribution in [3.8, 4) is 5.69 Å². The molecule has 0 saturated heterocycles. The van der Waals surface area contributed by atoms with Crippen molar-refractivity contribution >= 4 is 18.7 Å². The molecule has 0 atom stereocenters. The fourth-order valence-corrected chi connectivity index (χ4v) is 1.16. The molecule has 1 aromatic heterocycles. The first-order valence-corrected chi connectivity index (χ1v) is 3.93. The smallest absolute Gasteiger partial charge is 0.155 e. The summed E-state index contributed by atoms with van der Waals surface area (Å²) in [5.74, 6) is -0.574. The summed E-state index contributed by atoms with van der Waals surface area (Å²) in [7, 11) is 0. The number of rotatable bonds is 2. The van der Waals surface area contributed by atoms with Gasteiger partial charge in [0.25, 0.3) is 0 Å². The van der Waals surface area contributed by atoms with Crippen LogP contribution < -0.4 is 0 Å². The van der Waals surface area contributed by atoms with Crippen molar-refractivity contribution in [2.45, 2.75) is 0 Å². The Balaban J connectivity index is 0.00000112. The fraction of sp³-hybridized carbons (Fsp3) is 0. The van der Waals surface area contributed by atoms with Gasteiger partial charge in [0.1, 0.15) is 5.82 Å².